The van der Waals surface area contributed by atoms with E-state index in [2.05, 4.69) is 10.0 Å². The summed E-state index contributed by atoms with van der Waals surface area (Å²) in [6, 6.07) is 11.0. The number of sulfonamides is 1. The predicted octanol–water partition coefficient (Wildman–Crippen LogP) is 2.60. The Balaban J connectivity index is 1.69. The molecule has 0 spiro atoms. The Labute approximate surface area is 145 Å². The SMILES string of the molecule is O=C(Nc1ccc(S(=O)(=O)Nc2cccc(F)c2)cc1)[C@@H]1CCOC1. The van der Waals surface area contributed by atoms with Crippen molar-refractivity contribution >= 4 is 27.3 Å². The number of halogens is 1. The zero-order chi connectivity index (χ0) is 17.9. The average Bonchev–Trinajstić information content (AvgIpc) is 3.09. The molecule has 2 N–H and O–H groups in total. The zero-order valence-corrected chi connectivity index (χ0v) is 14.1. The van der Waals surface area contributed by atoms with Crippen molar-refractivity contribution in [3.63, 3.8) is 0 Å². The van der Waals surface area contributed by atoms with Gasteiger partial charge in [-0.3, -0.25) is 9.52 Å². The van der Waals surface area contributed by atoms with Gasteiger partial charge < -0.3 is 10.1 Å². The van der Waals surface area contributed by atoms with Crippen LogP contribution in [0, 0.1) is 11.7 Å². The van der Waals surface area contributed by atoms with Crippen LogP contribution in [0.2, 0.25) is 0 Å². The Hall–Kier alpha value is -2.45. The number of benzene rings is 2. The number of anilines is 2. The van der Waals surface area contributed by atoms with Gasteiger partial charge in [0, 0.05) is 12.3 Å². The highest BCUT2D eigenvalue weighted by Crippen LogP contribution is 2.20. The lowest BCUT2D eigenvalue weighted by Gasteiger charge is -2.11. The lowest BCUT2D eigenvalue weighted by atomic mass is 10.1. The molecule has 0 radical (unpaired) electrons. The number of carbonyl (C=O) groups is 1. The molecule has 0 aromatic heterocycles. The fraction of sp³-hybridized carbons (Fsp3) is 0.235. The summed E-state index contributed by atoms with van der Waals surface area (Å²) in [5.41, 5.74) is 0.639. The maximum absolute atomic E-state index is 13.2. The molecule has 1 aliphatic rings. The summed E-state index contributed by atoms with van der Waals surface area (Å²) in [7, 11) is -3.84. The van der Waals surface area contributed by atoms with Gasteiger partial charge in [-0.05, 0) is 48.9 Å². The van der Waals surface area contributed by atoms with E-state index < -0.39 is 15.8 Å². The number of carbonyl (C=O) groups excluding carboxylic acids is 1. The molecule has 1 atom stereocenters. The average molecular weight is 364 g/mol. The Bertz CT molecular complexity index is 862. The van der Waals surface area contributed by atoms with Crippen LogP contribution in [0.4, 0.5) is 15.8 Å². The predicted molar refractivity (Wildman–Crippen MR) is 91.2 cm³/mol. The summed E-state index contributed by atoms with van der Waals surface area (Å²) >= 11 is 0. The molecule has 1 fully saturated rings. The fourth-order valence-corrected chi connectivity index (χ4v) is 3.52. The van der Waals surface area contributed by atoms with Gasteiger partial charge in [0.25, 0.3) is 10.0 Å². The number of amides is 1. The van der Waals surface area contributed by atoms with Crippen molar-refractivity contribution in [2.75, 3.05) is 23.3 Å². The van der Waals surface area contributed by atoms with Gasteiger partial charge in [-0.15, -0.1) is 0 Å². The molecule has 1 aliphatic heterocycles. The summed E-state index contributed by atoms with van der Waals surface area (Å²) in [5.74, 6) is -0.863. The molecule has 0 saturated carbocycles. The molecule has 132 valence electrons. The first-order valence-corrected chi connectivity index (χ1v) is 9.19. The van der Waals surface area contributed by atoms with Crippen LogP contribution in [0.25, 0.3) is 0 Å². The Morgan fingerprint density at radius 1 is 1.12 bits per heavy atom. The number of hydrogen-bond acceptors (Lipinski definition) is 4. The van der Waals surface area contributed by atoms with Crippen LogP contribution in [0.5, 0.6) is 0 Å². The zero-order valence-electron chi connectivity index (χ0n) is 13.2. The first-order valence-electron chi connectivity index (χ1n) is 7.71. The van der Waals surface area contributed by atoms with Crippen LogP contribution in [-0.2, 0) is 19.6 Å². The van der Waals surface area contributed by atoms with Crippen molar-refractivity contribution < 1.29 is 22.3 Å². The lowest BCUT2D eigenvalue weighted by molar-refractivity contribution is -0.119. The number of hydrogen-bond donors (Lipinski definition) is 2. The van der Waals surface area contributed by atoms with E-state index in [0.29, 0.717) is 25.3 Å². The molecule has 0 unspecified atom stereocenters. The Kier molecular flexibility index (Phi) is 5.00. The van der Waals surface area contributed by atoms with E-state index >= 15 is 0 Å². The Morgan fingerprint density at radius 3 is 2.52 bits per heavy atom. The van der Waals surface area contributed by atoms with Crippen molar-refractivity contribution in [1.82, 2.24) is 0 Å². The van der Waals surface area contributed by atoms with Crippen LogP contribution >= 0.6 is 0 Å². The van der Waals surface area contributed by atoms with E-state index in [4.69, 9.17) is 4.74 Å². The second-order valence-electron chi connectivity index (χ2n) is 5.69. The molecule has 6 nitrogen and oxygen atoms in total. The van der Waals surface area contributed by atoms with Gasteiger partial charge in [0.05, 0.1) is 23.1 Å². The first-order chi connectivity index (χ1) is 11.9. The highest BCUT2D eigenvalue weighted by Gasteiger charge is 2.23. The molecule has 2 aromatic rings. The summed E-state index contributed by atoms with van der Waals surface area (Å²) in [6.07, 6.45) is 0.676. The van der Waals surface area contributed by atoms with Crippen LogP contribution < -0.4 is 10.0 Å². The van der Waals surface area contributed by atoms with Crippen LogP contribution in [0.15, 0.2) is 53.4 Å². The smallest absolute Gasteiger partial charge is 0.261 e. The van der Waals surface area contributed by atoms with Crippen molar-refractivity contribution in [3.05, 3.63) is 54.3 Å². The maximum atomic E-state index is 13.2. The van der Waals surface area contributed by atoms with Crippen LogP contribution in [0.3, 0.4) is 0 Å². The molecule has 3 rings (SSSR count). The molecule has 2 aromatic carbocycles. The number of rotatable bonds is 5. The molecule has 1 saturated heterocycles. The fourth-order valence-electron chi connectivity index (χ4n) is 2.47. The molecule has 25 heavy (non-hydrogen) atoms. The quantitative estimate of drug-likeness (QED) is 0.854. The van der Waals surface area contributed by atoms with E-state index in [1.165, 1.54) is 42.5 Å². The third-order valence-electron chi connectivity index (χ3n) is 3.81. The van der Waals surface area contributed by atoms with E-state index in [9.17, 15) is 17.6 Å². The number of ether oxygens (including phenoxy) is 1. The largest absolute Gasteiger partial charge is 0.381 e. The van der Waals surface area contributed by atoms with Gasteiger partial charge >= 0.3 is 0 Å². The molecule has 1 amide bonds. The summed E-state index contributed by atoms with van der Waals surface area (Å²) < 4.78 is 45.3. The minimum atomic E-state index is -3.84. The third-order valence-corrected chi connectivity index (χ3v) is 5.21. The van der Waals surface area contributed by atoms with Gasteiger partial charge in [-0.25, -0.2) is 12.8 Å². The first kappa shape index (κ1) is 17.4. The second kappa shape index (κ2) is 7.20. The minimum Gasteiger partial charge on any atom is -0.381 e. The van der Waals surface area contributed by atoms with Crippen molar-refractivity contribution in [2.24, 2.45) is 5.92 Å². The van der Waals surface area contributed by atoms with Gasteiger partial charge in [-0.1, -0.05) is 6.07 Å². The third kappa shape index (κ3) is 4.34. The molecule has 0 aliphatic carbocycles. The number of nitrogens with one attached hydrogen (secondary N) is 2. The Morgan fingerprint density at radius 2 is 1.88 bits per heavy atom. The van der Waals surface area contributed by atoms with Gasteiger partial charge in [0.2, 0.25) is 5.91 Å². The molecule has 1 heterocycles. The monoisotopic (exact) mass is 364 g/mol. The molecule has 0 bridgehead atoms. The van der Waals surface area contributed by atoms with E-state index in [-0.39, 0.29) is 22.4 Å². The van der Waals surface area contributed by atoms with Gasteiger partial charge in [-0.2, -0.15) is 0 Å². The standard InChI is InChI=1S/C17H17FN2O4S/c18-13-2-1-3-15(10-13)20-25(22,23)16-6-4-14(5-7-16)19-17(21)12-8-9-24-11-12/h1-7,10,12,20H,8-9,11H2,(H,19,21)/t12-/m1/s1. The van der Waals surface area contributed by atoms with Crippen molar-refractivity contribution in [1.29, 1.82) is 0 Å². The summed E-state index contributed by atoms with van der Waals surface area (Å²) in [4.78, 5) is 12.0. The topological polar surface area (TPSA) is 84.5 Å². The van der Waals surface area contributed by atoms with Gasteiger partial charge in [0.1, 0.15) is 5.82 Å². The van der Waals surface area contributed by atoms with E-state index in [1.54, 1.807) is 0 Å². The second-order valence-corrected chi connectivity index (χ2v) is 7.37. The minimum absolute atomic E-state index is 0.0129. The summed E-state index contributed by atoms with van der Waals surface area (Å²) in [5, 5.41) is 2.74. The lowest BCUT2D eigenvalue weighted by Crippen LogP contribution is -2.22. The van der Waals surface area contributed by atoms with Crippen molar-refractivity contribution in [2.45, 2.75) is 11.3 Å². The maximum Gasteiger partial charge on any atom is 0.261 e. The van der Waals surface area contributed by atoms with E-state index in [1.807, 2.05) is 0 Å². The molecular formula is C17H17FN2O4S. The highest BCUT2D eigenvalue weighted by atomic mass is 32.2. The molecule has 8 heteroatoms. The van der Waals surface area contributed by atoms with Crippen molar-refractivity contribution in [3.8, 4) is 0 Å². The van der Waals surface area contributed by atoms with Crippen LogP contribution in [0.1, 0.15) is 6.42 Å². The normalized spacial score (nSPS) is 17.2. The molecular weight excluding hydrogens is 347 g/mol. The van der Waals surface area contributed by atoms with E-state index in [0.717, 1.165) is 6.07 Å². The summed E-state index contributed by atoms with van der Waals surface area (Å²) in [6.45, 7) is 0.969. The van der Waals surface area contributed by atoms with Gasteiger partial charge in [0.15, 0.2) is 0 Å². The highest BCUT2D eigenvalue weighted by molar-refractivity contribution is 7.92. The van der Waals surface area contributed by atoms with Crippen LogP contribution in [-0.4, -0.2) is 27.5 Å².